The molecule has 0 atom stereocenters. The second-order valence-electron chi connectivity index (χ2n) is 4.06. The second kappa shape index (κ2) is 7.21. The van der Waals surface area contributed by atoms with Gasteiger partial charge in [-0.05, 0) is 51.7 Å². The summed E-state index contributed by atoms with van der Waals surface area (Å²) in [5.41, 5.74) is 5.56. The van der Waals surface area contributed by atoms with Gasteiger partial charge in [0, 0.05) is 13.2 Å². The molecule has 0 saturated carbocycles. The van der Waals surface area contributed by atoms with Crippen LogP contribution in [0.15, 0.2) is 0 Å². The Morgan fingerprint density at radius 2 is 2.07 bits per heavy atom. The Morgan fingerprint density at radius 1 is 1.36 bits per heavy atom. The zero-order valence-electron chi connectivity index (χ0n) is 9.37. The molecule has 2 N–H and O–H groups in total. The van der Waals surface area contributed by atoms with Crippen LogP contribution in [-0.4, -0.2) is 44.3 Å². The minimum atomic E-state index is 0.837. The minimum Gasteiger partial charge on any atom is -0.380 e. The van der Waals surface area contributed by atoms with E-state index in [1.807, 2.05) is 6.92 Å². The first-order valence-electron chi connectivity index (χ1n) is 5.87. The lowest BCUT2D eigenvalue weighted by atomic mass is 9.94. The van der Waals surface area contributed by atoms with E-state index in [0.717, 1.165) is 32.2 Å². The average Bonchev–Trinajstić information content (AvgIpc) is 2.21. The van der Waals surface area contributed by atoms with E-state index in [-0.39, 0.29) is 0 Å². The number of ether oxygens (including phenoxy) is 1. The summed E-state index contributed by atoms with van der Waals surface area (Å²) in [7, 11) is 0. The first-order valence-corrected chi connectivity index (χ1v) is 5.87. The molecule has 0 spiro atoms. The monoisotopic (exact) mass is 200 g/mol. The molecule has 14 heavy (non-hydrogen) atoms. The Hall–Kier alpha value is -0.120. The van der Waals surface area contributed by atoms with E-state index in [0.29, 0.717) is 0 Å². The van der Waals surface area contributed by atoms with Gasteiger partial charge >= 0.3 is 0 Å². The molecule has 1 aliphatic heterocycles. The van der Waals surface area contributed by atoms with Gasteiger partial charge < -0.3 is 15.4 Å². The highest BCUT2D eigenvalue weighted by atomic mass is 16.5. The Balaban J connectivity index is 2.03. The fourth-order valence-electron chi connectivity index (χ4n) is 2.07. The SMILES string of the molecule is CCOCCN1CCC(CCN)CC1. The molecule has 0 amide bonds. The standard InChI is InChI=1S/C11H24N2O/c1-2-14-10-9-13-7-4-11(3-6-12)5-8-13/h11H,2-10,12H2,1H3. The highest BCUT2D eigenvalue weighted by molar-refractivity contribution is 4.72. The van der Waals surface area contributed by atoms with Gasteiger partial charge in [-0.2, -0.15) is 0 Å². The first-order chi connectivity index (χ1) is 6.86. The van der Waals surface area contributed by atoms with Gasteiger partial charge in [-0.1, -0.05) is 0 Å². The topological polar surface area (TPSA) is 38.5 Å². The van der Waals surface area contributed by atoms with Crippen LogP contribution in [0.5, 0.6) is 0 Å². The lowest BCUT2D eigenvalue weighted by Crippen LogP contribution is -2.36. The van der Waals surface area contributed by atoms with Gasteiger partial charge in [0.15, 0.2) is 0 Å². The molecule has 0 aromatic heterocycles. The fraction of sp³-hybridized carbons (Fsp3) is 1.00. The molecule has 3 heteroatoms. The summed E-state index contributed by atoms with van der Waals surface area (Å²) in [5, 5.41) is 0. The van der Waals surface area contributed by atoms with E-state index in [9.17, 15) is 0 Å². The Labute approximate surface area is 87.6 Å². The Kier molecular flexibility index (Phi) is 6.15. The van der Waals surface area contributed by atoms with E-state index in [1.54, 1.807) is 0 Å². The summed E-state index contributed by atoms with van der Waals surface area (Å²) in [6.07, 6.45) is 3.85. The van der Waals surface area contributed by atoms with Crippen molar-refractivity contribution in [3.63, 3.8) is 0 Å². The van der Waals surface area contributed by atoms with Crippen molar-refractivity contribution >= 4 is 0 Å². The summed E-state index contributed by atoms with van der Waals surface area (Å²) in [6, 6.07) is 0. The number of hydrogen-bond donors (Lipinski definition) is 1. The highest BCUT2D eigenvalue weighted by Gasteiger charge is 2.17. The molecule has 0 aromatic rings. The van der Waals surface area contributed by atoms with Crippen LogP contribution in [0.25, 0.3) is 0 Å². The summed E-state index contributed by atoms with van der Waals surface area (Å²) in [6.45, 7) is 8.19. The maximum Gasteiger partial charge on any atom is 0.0593 e. The van der Waals surface area contributed by atoms with Crippen LogP contribution in [0.3, 0.4) is 0 Å². The lowest BCUT2D eigenvalue weighted by Gasteiger charge is -2.31. The van der Waals surface area contributed by atoms with Crippen molar-refractivity contribution in [1.82, 2.24) is 4.90 Å². The molecule has 0 aliphatic carbocycles. The molecule has 1 fully saturated rings. The molecule has 0 radical (unpaired) electrons. The quantitative estimate of drug-likeness (QED) is 0.652. The maximum atomic E-state index is 5.56. The van der Waals surface area contributed by atoms with Crippen LogP contribution in [0.4, 0.5) is 0 Å². The van der Waals surface area contributed by atoms with Gasteiger partial charge in [0.25, 0.3) is 0 Å². The Morgan fingerprint density at radius 3 is 2.64 bits per heavy atom. The summed E-state index contributed by atoms with van der Waals surface area (Å²) < 4.78 is 5.35. The maximum absolute atomic E-state index is 5.56. The fourth-order valence-corrected chi connectivity index (χ4v) is 2.07. The van der Waals surface area contributed by atoms with E-state index in [1.165, 1.54) is 32.4 Å². The van der Waals surface area contributed by atoms with E-state index in [2.05, 4.69) is 4.90 Å². The van der Waals surface area contributed by atoms with Crippen molar-refractivity contribution in [1.29, 1.82) is 0 Å². The first kappa shape index (κ1) is 12.0. The predicted octanol–water partition coefficient (Wildman–Crippen LogP) is 1.08. The molecular weight excluding hydrogens is 176 g/mol. The number of likely N-dealkylation sites (tertiary alicyclic amines) is 1. The van der Waals surface area contributed by atoms with E-state index < -0.39 is 0 Å². The summed E-state index contributed by atoms with van der Waals surface area (Å²) in [5.74, 6) is 0.878. The van der Waals surface area contributed by atoms with Crippen LogP contribution < -0.4 is 5.73 Å². The van der Waals surface area contributed by atoms with Crippen LogP contribution >= 0.6 is 0 Å². The lowest BCUT2D eigenvalue weighted by molar-refractivity contribution is 0.0950. The third kappa shape index (κ3) is 4.40. The summed E-state index contributed by atoms with van der Waals surface area (Å²) in [4.78, 5) is 2.50. The van der Waals surface area contributed by atoms with Crippen LogP contribution in [0, 0.1) is 5.92 Å². The molecule has 3 nitrogen and oxygen atoms in total. The van der Waals surface area contributed by atoms with Crippen molar-refractivity contribution < 1.29 is 4.74 Å². The molecule has 0 aromatic carbocycles. The van der Waals surface area contributed by atoms with Gasteiger partial charge in [-0.25, -0.2) is 0 Å². The van der Waals surface area contributed by atoms with Crippen molar-refractivity contribution in [2.75, 3.05) is 39.4 Å². The number of rotatable bonds is 6. The van der Waals surface area contributed by atoms with Gasteiger partial charge in [-0.15, -0.1) is 0 Å². The van der Waals surface area contributed by atoms with Gasteiger partial charge in [0.2, 0.25) is 0 Å². The molecule has 0 bridgehead atoms. The smallest absolute Gasteiger partial charge is 0.0593 e. The molecular formula is C11H24N2O. The van der Waals surface area contributed by atoms with Crippen molar-refractivity contribution in [2.45, 2.75) is 26.2 Å². The van der Waals surface area contributed by atoms with Gasteiger partial charge in [-0.3, -0.25) is 0 Å². The van der Waals surface area contributed by atoms with Crippen LogP contribution in [0.1, 0.15) is 26.2 Å². The second-order valence-corrected chi connectivity index (χ2v) is 4.06. The van der Waals surface area contributed by atoms with Crippen molar-refractivity contribution in [2.24, 2.45) is 11.7 Å². The molecule has 84 valence electrons. The van der Waals surface area contributed by atoms with Crippen LogP contribution in [0.2, 0.25) is 0 Å². The molecule has 1 rings (SSSR count). The average molecular weight is 200 g/mol. The molecule has 1 heterocycles. The summed E-state index contributed by atoms with van der Waals surface area (Å²) >= 11 is 0. The largest absolute Gasteiger partial charge is 0.380 e. The number of piperidine rings is 1. The molecule has 1 aliphatic rings. The third-order valence-corrected chi connectivity index (χ3v) is 3.04. The third-order valence-electron chi connectivity index (χ3n) is 3.04. The highest BCUT2D eigenvalue weighted by Crippen LogP contribution is 2.19. The predicted molar refractivity (Wildman–Crippen MR) is 59.3 cm³/mol. The Bertz CT molecular complexity index is 133. The normalized spacial score (nSPS) is 20.1. The number of hydrogen-bond acceptors (Lipinski definition) is 3. The number of nitrogens with two attached hydrogens (primary N) is 1. The van der Waals surface area contributed by atoms with Gasteiger partial charge in [0.05, 0.1) is 6.61 Å². The van der Waals surface area contributed by atoms with E-state index >= 15 is 0 Å². The van der Waals surface area contributed by atoms with Gasteiger partial charge in [0.1, 0.15) is 0 Å². The van der Waals surface area contributed by atoms with Crippen molar-refractivity contribution in [3.05, 3.63) is 0 Å². The number of nitrogens with zero attached hydrogens (tertiary/aromatic N) is 1. The molecule has 0 unspecified atom stereocenters. The van der Waals surface area contributed by atoms with Crippen LogP contribution in [-0.2, 0) is 4.74 Å². The zero-order chi connectivity index (χ0) is 10.2. The minimum absolute atomic E-state index is 0.837. The molecule has 1 saturated heterocycles. The van der Waals surface area contributed by atoms with Crippen molar-refractivity contribution in [3.8, 4) is 0 Å². The zero-order valence-corrected chi connectivity index (χ0v) is 9.37. The van der Waals surface area contributed by atoms with E-state index in [4.69, 9.17) is 10.5 Å².